The van der Waals surface area contributed by atoms with Crippen LogP contribution in [0.3, 0.4) is 0 Å². The second-order valence-electron chi connectivity index (χ2n) is 4.96. The van der Waals surface area contributed by atoms with Crippen LogP contribution in [-0.2, 0) is 0 Å². The van der Waals surface area contributed by atoms with Crippen LogP contribution in [0.2, 0.25) is 0 Å². The highest BCUT2D eigenvalue weighted by Crippen LogP contribution is 2.41. The third-order valence-electron chi connectivity index (χ3n) is 3.58. The minimum Gasteiger partial charge on any atom is -0.508 e. The highest BCUT2D eigenvalue weighted by molar-refractivity contribution is 6.03. The Morgan fingerprint density at radius 3 is 2.45 bits per heavy atom. The highest BCUT2D eigenvalue weighted by Gasteiger charge is 2.37. The van der Waals surface area contributed by atoms with E-state index in [1.807, 2.05) is 0 Å². The standard InChI is InChI=1S/C16H14O6/c1-21-13-7-12-10(6-11(13)18)14(19)15(20)16(22-12)8-2-4-9(17)5-3-8/h2-7,15-18,20H,1H3. The van der Waals surface area contributed by atoms with E-state index < -0.39 is 18.0 Å². The molecule has 6 heteroatoms. The number of carbonyl (C=O) groups excluding carboxylic acids is 1. The molecule has 0 spiro atoms. The smallest absolute Gasteiger partial charge is 0.199 e. The van der Waals surface area contributed by atoms with Crippen molar-refractivity contribution in [3.8, 4) is 23.0 Å². The predicted molar refractivity (Wildman–Crippen MR) is 76.5 cm³/mol. The first-order chi connectivity index (χ1) is 10.5. The summed E-state index contributed by atoms with van der Waals surface area (Å²) in [6.45, 7) is 0. The van der Waals surface area contributed by atoms with Crippen LogP contribution in [-0.4, -0.2) is 34.3 Å². The second-order valence-corrected chi connectivity index (χ2v) is 4.96. The Labute approximate surface area is 126 Å². The number of aromatic hydroxyl groups is 2. The quantitative estimate of drug-likeness (QED) is 0.782. The Balaban J connectivity index is 2.04. The first kappa shape index (κ1) is 14.2. The van der Waals surface area contributed by atoms with E-state index in [0.717, 1.165) is 0 Å². The van der Waals surface area contributed by atoms with E-state index in [9.17, 15) is 20.1 Å². The number of ether oxygens (including phenoxy) is 2. The van der Waals surface area contributed by atoms with Gasteiger partial charge in [-0.25, -0.2) is 0 Å². The molecule has 3 rings (SSSR count). The molecule has 2 unspecified atom stereocenters. The van der Waals surface area contributed by atoms with Crippen LogP contribution in [0.15, 0.2) is 36.4 Å². The van der Waals surface area contributed by atoms with Crippen molar-refractivity contribution >= 4 is 5.78 Å². The van der Waals surface area contributed by atoms with Crippen molar-refractivity contribution in [3.63, 3.8) is 0 Å². The lowest BCUT2D eigenvalue weighted by molar-refractivity contribution is 0.0214. The molecule has 0 bridgehead atoms. The Morgan fingerprint density at radius 1 is 1.14 bits per heavy atom. The van der Waals surface area contributed by atoms with Crippen LogP contribution in [0.25, 0.3) is 0 Å². The van der Waals surface area contributed by atoms with Gasteiger partial charge in [0.1, 0.15) is 11.5 Å². The molecule has 0 amide bonds. The molecule has 1 aliphatic rings. The van der Waals surface area contributed by atoms with Gasteiger partial charge in [-0.15, -0.1) is 0 Å². The molecule has 0 fully saturated rings. The largest absolute Gasteiger partial charge is 0.508 e. The Hall–Kier alpha value is -2.73. The summed E-state index contributed by atoms with van der Waals surface area (Å²) in [4.78, 5) is 12.3. The van der Waals surface area contributed by atoms with Crippen LogP contribution in [0.1, 0.15) is 22.0 Å². The van der Waals surface area contributed by atoms with Crippen molar-refractivity contribution in [1.29, 1.82) is 0 Å². The molecule has 2 aromatic carbocycles. The van der Waals surface area contributed by atoms with E-state index in [-0.39, 0.29) is 28.6 Å². The maximum atomic E-state index is 12.3. The number of methoxy groups -OCH3 is 1. The summed E-state index contributed by atoms with van der Waals surface area (Å²) in [6.07, 6.45) is -2.29. The predicted octanol–water partition coefficient (Wildman–Crippen LogP) is 1.78. The third kappa shape index (κ3) is 2.23. The topological polar surface area (TPSA) is 96.2 Å². The molecule has 114 valence electrons. The Kier molecular flexibility index (Phi) is 3.38. The fraction of sp³-hybridized carbons (Fsp3) is 0.188. The van der Waals surface area contributed by atoms with Crippen LogP contribution in [0, 0.1) is 0 Å². The van der Waals surface area contributed by atoms with Gasteiger partial charge < -0.3 is 24.8 Å². The number of hydrogen-bond acceptors (Lipinski definition) is 6. The lowest BCUT2D eigenvalue weighted by Gasteiger charge is -2.30. The molecule has 3 N–H and O–H groups in total. The zero-order chi connectivity index (χ0) is 15.9. The number of carbonyl (C=O) groups is 1. The molecule has 1 heterocycles. The minimum absolute atomic E-state index is 0.0763. The number of benzene rings is 2. The number of rotatable bonds is 2. The van der Waals surface area contributed by atoms with Crippen molar-refractivity contribution in [2.75, 3.05) is 7.11 Å². The molecule has 2 aromatic rings. The van der Waals surface area contributed by atoms with Crippen LogP contribution in [0.4, 0.5) is 0 Å². The van der Waals surface area contributed by atoms with Gasteiger partial charge in [-0.3, -0.25) is 4.79 Å². The number of phenolic OH excluding ortho intramolecular Hbond substituents is 2. The molecule has 2 atom stereocenters. The summed E-state index contributed by atoms with van der Waals surface area (Å²) in [5, 5.41) is 29.2. The number of fused-ring (bicyclic) bond motifs is 1. The van der Waals surface area contributed by atoms with Gasteiger partial charge in [-0.05, 0) is 23.8 Å². The summed E-state index contributed by atoms with van der Waals surface area (Å²) >= 11 is 0. The number of Topliss-reactive ketones (excluding diaryl/α,β-unsaturated/α-hetero) is 1. The fourth-order valence-electron chi connectivity index (χ4n) is 2.42. The average Bonchev–Trinajstić information content (AvgIpc) is 2.52. The molecule has 0 radical (unpaired) electrons. The molecule has 22 heavy (non-hydrogen) atoms. The molecular formula is C16H14O6. The first-order valence-electron chi connectivity index (χ1n) is 6.60. The number of phenols is 2. The number of hydrogen-bond donors (Lipinski definition) is 3. The van der Waals surface area contributed by atoms with Crippen molar-refractivity contribution < 1.29 is 29.6 Å². The van der Waals surface area contributed by atoms with E-state index in [1.54, 1.807) is 12.1 Å². The van der Waals surface area contributed by atoms with Gasteiger partial charge in [-0.2, -0.15) is 0 Å². The summed E-state index contributed by atoms with van der Waals surface area (Å²) in [5.74, 6) is -0.270. The third-order valence-corrected chi connectivity index (χ3v) is 3.58. The first-order valence-corrected chi connectivity index (χ1v) is 6.60. The van der Waals surface area contributed by atoms with Gasteiger partial charge >= 0.3 is 0 Å². The van der Waals surface area contributed by atoms with Gasteiger partial charge in [0.05, 0.1) is 12.7 Å². The van der Waals surface area contributed by atoms with Crippen LogP contribution in [0.5, 0.6) is 23.0 Å². The zero-order valence-corrected chi connectivity index (χ0v) is 11.7. The van der Waals surface area contributed by atoms with E-state index >= 15 is 0 Å². The maximum Gasteiger partial charge on any atom is 0.199 e. The normalized spacial score (nSPS) is 20.2. The van der Waals surface area contributed by atoms with Crippen molar-refractivity contribution in [3.05, 3.63) is 47.5 Å². The summed E-state index contributed by atoms with van der Waals surface area (Å²) < 4.78 is 10.7. The summed E-state index contributed by atoms with van der Waals surface area (Å²) in [5.41, 5.74) is 0.650. The Morgan fingerprint density at radius 2 is 1.82 bits per heavy atom. The molecule has 0 aromatic heterocycles. The van der Waals surface area contributed by atoms with Crippen molar-refractivity contribution in [2.45, 2.75) is 12.2 Å². The molecule has 0 saturated carbocycles. The number of ketones is 1. The van der Waals surface area contributed by atoms with E-state index in [2.05, 4.69) is 0 Å². The van der Waals surface area contributed by atoms with Gasteiger partial charge in [-0.1, -0.05) is 12.1 Å². The highest BCUT2D eigenvalue weighted by atomic mass is 16.5. The molecular weight excluding hydrogens is 288 g/mol. The van der Waals surface area contributed by atoms with Crippen LogP contribution < -0.4 is 9.47 Å². The lowest BCUT2D eigenvalue weighted by Crippen LogP contribution is -2.36. The SMILES string of the molecule is COc1cc2c(cc1O)C(=O)C(O)C(c1ccc(O)cc1)O2. The molecule has 0 aliphatic carbocycles. The van der Waals surface area contributed by atoms with Crippen molar-refractivity contribution in [2.24, 2.45) is 0 Å². The number of aliphatic hydroxyl groups is 1. The van der Waals surface area contributed by atoms with Gasteiger partial charge in [0.2, 0.25) is 0 Å². The fourth-order valence-corrected chi connectivity index (χ4v) is 2.42. The second kappa shape index (κ2) is 5.23. The van der Waals surface area contributed by atoms with Crippen LogP contribution >= 0.6 is 0 Å². The average molecular weight is 302 g/mol. The minimum atomic E-state index is -1.40. The molecule has 1 aliphatic heterocycles. The van der Waals surface area contributed by atoms with Gasteiger partial charge in [0.15, 0.2) is 29.5 Å². The maximum absolute atomic E-state index is 12.3. The lowest BCUT2D eigenvalue weighted by atomic mass is 9.93. The van der Waals surface area contributed by atoms with Gasteiger partial charge in [0, 0.05) is 6.07 Å². The monoisotopic (exact) mass is 302 g/mol. The van der Waals surface area contributed by atoms with Crippen molar-refractivity contribution in [1.82, 2.24) is 0 Å². The summed E-state index contributed by atoms with van der Waals surface area (Å²) in [6, 6.07) is 8.65. The Bertz CT molecular complexity index is 722. The van der Waals surface area contributed by atoms with E-state index in [4.69, 9.17) is 9.47 Å². The molecule has 0 saturated heterocycles. The zero-order valence-electron chi connectivity index (χ0n) is 11.7. The molecule has 6 nitrogen and oxygen atoms in total. The summed E-state index contributed by atoms with van der Waals surface area (Å²) in [7, 11) is 1.39. The van der Waals surface area contributed by atoms with Gasteiger partial charge in [0.25, 0.3) is 0 Å². The van der Waals surface area contributed by atoms with E-state index in [1.165, 1.54) is 31.4 Å². The number of aliphatic hydroxyl groups excluding tert-OH is 1. The van der Waals surface area contributed by atoms with E-state index in [0.29, 0.717) is 5.56 Å².